The molecule has 2 heterocycles. The van der Waals surface area contributed by atoms with Crippen molar-refractivity contribution in [2.24, 2.45) is 0 Å². The van der Waals surface area contributed by atoms with Crippen LogP contribution in [0.15, 0.2) is 46.2 Å². The van der Waals surface area contributed by atoms with E-state index in [1.54, 1.807) is 18.2 Å². The summed E-state index contributed by atoms with van der Waals surface area (Å²) in [4.78, 5) is 13.1. The van der Waals surface area contributed by atoms with Crippen LogP contribution in [-0.2, 0) is 6.42 Å². The lowest BCUT2D eigenvalue weighted by Gasteiger charge is -2.08. The number of rotatable bonds is 6. The number of para-hydroxylation sites is 1. The highest BCUT2D eigenvalue weighted by molar-refractivity contribution is 7.13. The Balaban J connectivity index is 1.56. The van der Waals surface area contributed by atoms with Gasteiger partial charge in [0.15, 0.2) is 0 Å². The largest absolute Gasteiger partial charge is 0.496 e. The van der Waals surface area contributed by atoms with Gasteiger partial charge in [0.25, 0.3) is 11.8 Å². The molecule has 0 unspecified atom stereocenters. The Kier molecular flexibility index (Phi) is 4.68. The molecule has 3 rings (SSSR count). The number of thiophene rings is 1. The molecule has 0 aliphatic carbocycles. The summed E-state index contributed by atoms with van der Waals surface area (Å²) in [6.07, 6.45) is 0.471. The quantitative estimate of drug-likeness (QED) is 0.752. The molecule has 7 heteroatoms. The van der Waals surface area contributed by atoms with Gasteiger partial charge in [-0.15, -0.1) is 21.5 Å². The van der Waals surface area contributed by atoms with Crippen molar-refractivity contribution in [3.63, 3.8) is 0 Å². The highest BCUT2D eigenvalue weighted by Crippen LogP contribution is 2.23. The first kappa shape index (κ1) is 15.2. The van der Waals surface area contributed by atoms with Gasteiger partial charge in [-0.1, -0.05) is 18.2 Å². The van der Waals surface area contributed by atoms with E-state index < -0.39 is 0 Å². The predicted octanol–water partition coefficient (Wildman–Crippen LogP) is 2.78. The summed E-state index contributed by atoms with van der Waals surface area (Å²) in [5, 5.41) is 12.8. The number of aromatic nitrogens is 2. The maximum absolute atomic E-state index is 12.2. The lowest BCUT2D eigenvalue weighted by Crippen LogP contribution is -2.26. The van der Waals surface area contributed by atoms with Gasteiger partial charge in [0.2, 0.25) is 5.89 Å². The molecule has 1 amide bonds. The molecule has 0 atom stereocenters. The lowest BCUT2D eigenvalue weighted by molar-refractivity contribution is 0.0950. The fourth-order valence-corrected chi connectivity index (χ4v) is 2.71. The number of nitrogens with one attached hydrogen (secondary N) is 1. The average Bonchev–Trinajstić information content (AvgIpc) is 3.26. The first-order valence-corrected chi connectivity index (χ1v) is 7.93. The van der Waals surface area contributed by atoms with Gasteiger partial charge < -0.3 is 14.5 Å². The molecule has 0 radical (unpaired) electrons. The van der Waals surface area contributed by atoms with E-state index in [4.69, 9.17) is 9.15 Å². The second-order valence-electron chi connectivity index (χ2n) is 4.68. The van der Waals surface area contributed by atoms with Crippen molar-refractivity contribution in [2.75, 3.05) is 13.7 Å². The van der Waals surface area contributed by atoms with Gasteiger partial charge in [0.05, 0.1) is 17.6 Å². The number of carbonyl (C=O) groups is 1. The molecule has 6 nitrogen and oxygen atoms in total. The highest BCUT2D eigenvalue weighted by atomic mass is 32.1. The minimum Gasteiger partial charge on any atom is -0.496 e. The average molecular weight is 329 g/mol. The van der Waals surface area contributed by atoms with Gasteiger partial charge in [0, 0.05) is 13.0 Å². The number of hydrogen-bond donors (Lipinski definition) is 1. The number of benzene rings is 1. The van der Waals surface area contributed by atoms with Crippen molar-refractivity contribution >= 4 is 17.2 Å². The lowest BCUT2D eigenvalue weighted by atomic mass is 10.2. The summed E-state index contributed by atoms with van der Waals surface area (Å²) >= 11 is 1.54. The maximum atomic E-state index is 12.2. The van der Waals surface area contributed by atoms with Gasteiger partial charge >= 0.3 is 0 Å². The topological polar surface area (TPSA) is 77.2 Å². The van der Waals surface area contributed by atoms with Crippen molar-refractivity contribution in [1.29, 1.82) is 0 Å². The second kappa shape index (κ2) is 7.06. The molecule has 3 aromatic rings. The zero-order chi connectivity index (χ0) is 16.1. The van der Waals surface area contributed by atoms with Gasteiger partial charge in [-0.05, 0) is 23.6 Å². The van der Waals surface area contributed by atoms with E-state index in [-0.39, 0.29) is 5.91 Å². The molecule has 0 saturated carbocycles. The summed E-state index contributed by atoms with van der Waals surface area (Å²) in [7, 11) is 1.54. The molecular weight excluding hydrogens is 314 g/mol. The Labute approximate surface area is 137 Å². The summed E-state index contributed by atoms with van der Waals surface area (Å²) < 4.78 is 10.7. The van der Waals surface area contributed by atoms with Crippen LogP contribution in [0.25, 0.3) is 10.8 Å². The van der Waals surface area contributed by atoms with Crippen LogP contribution in [0.4, 0.5) is 0 Å². The van der Waals surface area contributed by atoms with Gasteiger partial charge in [-0.3, -0.25) is 4.79 Å². The number of methoxy groups -OCH3 is 1. The molecular formula is C16H15N3O3S. The van der Waals surface area contributed by atoms with Gasteiger partial charge in [0.1, 0.15) is 5.75 Å². The summed E-state index contributed by atoms with van der Waals surface area (Å²) in [6, 6.07) is 10.9. The monoisotopic (exact) mass is 329 g/mol. The Morgan fingerprint density at radius 1 is 1.26 bits per heavy atom. The molecule has 0 spiro atoms. The minimum atomic E-state index is -0.194. The van der Waals surface area contributed by atoms with Gasteiger partial charge in [-0.25, -0.2) is 0 Å². The Hall–Kier alpha value is -2.67. The fourth-order valence-electron chi connectivity index (χ4n) is 2.06. The van der Waals surface area contributed by atoms with E-state index in [1.165, 1.54) is 18.4 Å². The van der Waals surface area contributed by atoms with Crippen molar-refractivity contribution in [2.45, 2.75) is 6.42 Å². The Bertz CT molecular complexity index is 783. The molecule has 1 aromatic carbocycles. The minimum absolute atomic E-state index is 0.194. The van der Waals surface area contributed by atoms with E-state index in [1.807, 2.05) is 23.6 Å². The molecule has 0 aliphatic rings. The molecule has 23 heavy (non-hydrogen) atoms. The first-order valence-electron chi connectivity index (χ1n) is 7.05. The van der Waals surface area contributed by atoms with E-state index in [2.05, 4.69) is 15.5 Å². The number of amides is 1. The summed E-state index contributed by atoms with van der Waals surface area (Å²) in [5.74, 6) is 1.35. The second-order valence-corrected chi connectivity index (χ2v) is 5.63. The third kappa shape index (κ3) is 3.57. The van der Waals surface area contributed by atoms with E-state index in [9.17, 15) is 4.79 Å². The zero-order valence-corrected chi connectivity index (χ0v) is 13.3. The standard InChI is InChI=1S/C16H15N3O3S/c1-21-12-6-3-2-5-11(12)15(20)17-9-8-14-18-19-16(22-14)13-7-4-10-23-13/h2-7,10H,8-9H2,1H3,(H,17,20). The van der Waals surface area contributed by atoms with Gasteiger partial charge in [-0.2, -0.15) is 0 Å². The van der Waals surface area contributed by atoms with E-state index in [0.29, 0.717) is 36.1 Å². The summed E-state index contributed by atoms with van der Waals surface area (Å²) in [6.45, 7) is 0.406. The van der Waals surface area contributed by atoms with Crippen LogP contribution in [0.5, 0.6) is 5.75 Å². The van der Waals surface area contributed by atoms with Crippen LogP contribution in [0.1, 0.15) is 16.2 Å². The third-order valence-electron chi connectivity index (χ3n) is 3.17. The molecule has 0 bridgehead atoms. The van der Waals surface area contributed by atoms with Crippen LogP contribution in [-0.4, -0.2) is 29.8 Å². The normalized spacial score (nSPS) is 10.5. The molecule has 0 saturated heterocycles. The van der Waals surface area contributed by atoms with Crippen molar-refractivity contribution in [1.82, 2.24) is 15.5 Å². The van der Waals surface area contributed by atoms with Crippen LogP contribution in [0, 0.1) is 0 Å². The highest BCUT2D eigenvalue weighted by Gasteiger charge is 2.12. The molecule has 2 aromatic heterocycles. The summed E-state index contributed by atoms with van der Waals surface area (Å²) in [5.41, 5.74) is 0.500. The van der Waals surface area contributed by atoms with Crippen LogP contribution >= 0.6 is 11.3 Å². The molecule has 0 aliphatic heterocycles. The molecule has 118 valence electrons. The maximum Gasteiger partial charge on any atom is 0.257 e. The van der Waals surface area contributed by atoms with E-state index in [0.717, 1.165) is 4.88 Å². The fraction of sp³-hybridized carbons (Fsp3) is 0.188. The van der Waals surface area contributed by atoms with Crippen LogP contribution in [0.2, 0.25) is 0 Å². The van der Waals surface area contributed by atoms with Crippen LogP contribution in [0.3, 0.4) is 0 Å². The number of ether oxygens (including phenoxy) is 1. The van der Waals surface area contributed by atoms with Crippen molar-refractivity contribution < 1.29 is 13.9 Å². The SMILES string of the molecule is COc1ccccc1C(=O)NCCc1nnc(-c2cccs2)o1. The third-order valence-corrected chi connectivity index (χ3v) is 4.03. The Morgan fingerprint density at radius 3 is 2.91 bits per heavy atom. The smallest absolute Gasteiger partial charge is 0.257 e. The predicted molar refractivity (Wildman–Crippen MR) is 86.6 cm³/mol. The van der Waals surface area contributed by atoms with E-state index >= 15 is 0 Å². The molecule has 0 fully saturated rings. The number of hydrogen-bond acceptors (Lipinski definition) is 6. The Morgan fingerprint density at radius 2 is 2.13 bits per heavy atom. The zero-order valence-electron chi connectivity index (χ0n) is 12.5. The first-order chi connectivity index (χ1) is 11.3. The number of nitrogens with zero attached hydrogens (tertiary/aromatic N) is 2. The van der Waals surface area contributed by atoms with Crippen molar-refractivity contribution in [3.05, 3.63) is 53.2 Å². The van der Waals surface area contributed by atoms with Crippen molar-refractivity contribution in [3.8, 4) is 16.5 Å². The van der Waals surface area contributed by atoms with Crippen LogP contribution < -0.4 is 10.1 Å². The molecule has 1 N–H and O–H groups in total. The number of carbonyl (C=O) groups excluding carboxylic acids is 1.